The van der Waals surface area contributed by atoms with E-state index in [1.54, 1.807) is 0 Å². The second kappa shape index (κ2) is 7.38. The molecule has 0 spiro atoms. The van der Waals surface area contributed by atoms with Crippen molar-refractivity contribution in [2.24, 2.45) is 11.8 Å². The van der Waals surface area contributed by atoms with Gasteiger partial charge in [0.25, 0.3) is 0 Å². The highest BCUT2D eigenvalue weighted by Crippen LogP contribution is 2.21. The van der Waals surface area contributed by atoms with Gasteiger partial charge in [0.2, 0.25) is 0 Å². The van der Waals surface area contributed by atoms with Gasteiger partial charge in [0, 0.05) is 18.7 Å². The monoisotopic (exact) mass is 241 g/mol. The molecule has 1 rings (SSSR count). The molecule has 0 aliphatic carbocycles. The van der Waals surface area contributed by atoms with Gasteiger partial charge in [-0.25, -0.2) is 0 Å². The van der Waals surface area contributed by atoms with Gasteiger partial charge in [-0.15, -0.1) is 0 Å². The van der Waals surface area contributed by atoms with Crippen LogP contribution in [0.15, 0.2) is 0 Å². The molecule has 0 radical (unpaired) electrons. The van der Waals surface area contributed by atoms with Crippen molar-refractivity contribution >= 4 is 0 Å². The molecule has 1 aliphatic rings. The quantitative estimate of drug-likeness (QED) is 0.767. The largest absolute Gasteiger partial charge is 0.378 e. The number of hydrogen-bond acceptors (Lipinski definition) is 2. The van der Waals surface area contributed by atoms with Crippen LogP contribution in [0.4, 0.5) is 0 Å². The van der Waals surface area contributed by atoms with Crippen molar-refractivity contribution in [3.8, 4) is 0 Å². The second-order valence-electron chi connectivity index (χ2n) is 6.41. The molecule has 3 atom stereocenters. The molecule has 1 saturated heterocycles. The molecule has 0 saturated carbocycles. The Bertz CT molecular complexity index is 203. The van der Waals surface area contributed by atoms with Crippen LogP contribution in [0.1, 0.15) is 60.3 Å². The smallest absolute Gasteiger partial charge is 0.0612 e. The summed E-state index contributed by atoms with van der Waals surface area (Å²) >= 11 is 0. The lowest BCUT2D eigenvalue weighted by molar-refractivity contribution is -0.0258. The molecule has 1 aliphatic heterocycles. The summed E-state index contributed by atoms with van der Waals surface area (Å²) in [5.41, 5.74) is 0. The molecule has 1 N–H and O–H groups in total. The third-order valence-corrected chi connectivity index (χ3v) is 3.76. The zero-order valence-corrected chi connectivity index (χ0v) is 12.3. The Hall–Kier alpha value is -0.0800. The topological polar surface area (TPSA) is 21.3 Å². The van der Waals surface area contributed by atoms with E-state index >= 15 is 0 Å². The van der Waals surface area contributed by atoms with Gasteiger partial charge in [0.1, 0.15) is 0 Å². The number of ether oxygens (including phenoxy) is 1. The van der Waals surface area contributed by atoms with Gasteiger partial charge in [-0.1, -0.05) is 27.7 Å². The molecule has 17 heavy (non-hydrogen) atoms. The summed E-state index contributed by atoms with van der Waals surface area (Å²) in [5, 5.41) is 3.78. The molecular weight excluding hydrogens is 210 g/mol. The third-order valence-electron chi connectivity index (χ3n) is 3.76. The molecule has 102 valence electrons. The van der Waals surface area contributed by atoms with Gasteiger partial charge < -0.3 is 10.1 Å². The predicted molar refractivity (Wildman–Crippen MR) is 74.3 cm³/mol. The van der Waals surface area contributed by atoms with Crippen molar-refractivity contribution < 1.29 is 4.74 Å². The van der Waals surface area contributed by atoms with E-state index in [2.05, 4.69) is 39.9 Å². The van der Waals surface area contributed by atoms with Gasteiger partial charge in [0.15, 0.2) is 0 Å². The van der Waals surface area contributed by atoms with Crippen molar-refractivity contribution in [2.45, 2.75) is 78.5 Å². The van der Waals surface area contributed by atoms with Gasteiger partial charge >= 0.3 is 0 Å². The highest BCUT2D eigenvalue weighted by molar-refractivity contribution is 4.80. The van der Waals surface area contributed by atoms with Crippen LogP contribution >= 0.6 is 0 Å². The van der Waals surface area contributed by atoms with Crippen LogP contribution in [-0.2, 0) is 4.74 Å². The maximum Gasteiger partial charge on any atom is 0.0612 e. The van der Waals surface area contributed by atoms with E-state index in [1.807, 2.05) is 0 Å². The van der Waals surface area contributed by atoms with E-state index in [1.165, 1.54) is 25.7 Å². The molecule has 0 aromatic carbocycles. The van der Waals surface area contributed by atoms with Crippen LogP contribution in [0, 0.1) is 11.8 Å². The van der Waals surface area contributed by atoms with E-state index in [4.69, 9.17) is 4.74 Å². The van der Waals surface area contributed by atoms with Gasteiger partial charge in [-0.3, -0.25) is 0 Å². The highest BCUT2D eigenvalue weighted by atomic mass is 16.5. The third kappa shape index (κ3) is 5.87. The van der Waals surface area contributed by atoms with Crippen LogP contribution in [0.25, 0.3) is 0 Å². The first-order valence-electron chi connectivity index (χ1n) is 7.36. The zero-order chi connectivity index (χ0) is 12.8. The summed E-state index contributed by atoms with van der Waals surface area (Å²) in [6, 6.07) is 1.31. The molecule has 1 fully saturated rings. The first-order valence-corrected chi connectivity index (χ1v) is 7.36. The minimum atomic E-state index is 0.457. The Morgan fingerprint density at radius 2 is 1.82 bits per heavy atom. The standard InChI is InChI=1S/C15H31NO/c1-11(2)6-7-13(5)16-14-8-9-17-15(10-14)12(3)4/h11-16H,6-10H2,1-5H3. The fourth-order valence-corrected chi connectivity index (χ4v) is 2.51. The summed E-state index contributed by atoms with van der Waals surface area (Å²) in [5.74, 6) is 1.46. The average molecular weight is 241 g/mol. The van der Waals surface area contributed by atoms with Crippen molar-refractivity contribution in [3.63, 3.8) is 0 Å². The molecule has 1 heterocycles. The zero-order valence-electron chi connectivity index (χ0n) is 12.3. The van der Waals surface area contributed by atoms with Crippen LogP contribution in [-0.4, -0.2) is 24.8 Å². The molecule has 3 unspecified atom stereocenters. The fraction of sp³-hybridized carbons (Fsp3) is 1.00. The molecule has 2 nitrogen and oxygen atoms in total. The Morgan fingerprint density at radius 3 is 2.41 bits per heavy atom. The van der Waals surface area contributed by atoms with E-state index in [0.717, 1.165) is 12.5 Å². The molecule has 0 amide bonds. The van der Waals surface area contributed by atoms with Crippen LogP contribution < -0.4 is 5.32 Å². The molecule has 0 aromatic rings. The van der Waals surface area contributed by atoms with Gasteiger partial charge in [0.05, 0.1) is 6.10 Å². The minimum absolute atomic E-state index is 0.457. The highest BCUT2D eigenvalue weighted by Gasteiger charge is 2.25. The normalized spacial score (nSPS) is 27.7. The lowest BCUT2D eigenvalue weighted by Gasteiger charge is -2.34. The van der Waals surface area contributed by atoms with E-state index in [-0.39, 0.29) is 0 Å². The van der Waals surface area contributed by atoms with Crippen LogP contribution in [0.2, 0.25) is 0 Å². The maximum absolute atomic E-state index is 5.81. The lowest BCUT2D eigenvalue weighted by Crippen LogP contribution is -2.44. The SMILES string of the molecule is CC(C)CCC(C)NC1CCOC(C(C)C)C1. The van der Waals surface area contributed by atoms with Crippen molar-refractivity contribution in [2.75, 3.05) is 6.61 Å². The second-order valence-corrected chi connectivity index (χ2v) is 6.41. The first-order chi connectivity index (χ1) is 7.99. The lowest BCUT2D eigenvalue weighted by atomic mass is 9.94. The van der Waals surface area contributed by atoms with Crippen molar-refractivity contribution in [1.82, 2.24) is 5.32 Å². The van der Waals surface area contributed by atoms with Crippen molar-refractivity contribution in [1.29, 1.82) is 0 Å². The first kappa shape index (κ1) is 15.0. The summed E-state index contributed by atoms with van der Waals surface area (Å²) in [7, 11) is 0. The number of nitrogens with one attached hydrogen (secondary N) is 1. The summed E-state index contributed by atoms with van der Waals surface area (Å²) in [6.07, 6.45) is 5.43. The number of hydrogen-bond donors (Lipinski definition) is 1. The van der Waals surface area contributed by atoms with E-state index < -0.39 is 0 Å². The maximum atomic E-state index is 5.81. The van der Waals surface area contributed by atoms with Gasteiger partial charge in [-0.05, 0) is 44.4 Å². The van der Waals surface area contributed by atoms with E-state index in [9.17, 15) is 0 Å². The average Bonchev–Trinajstić information content (AvgIpc) is 2.26. The molecule has 0 bridgehead atoms. The molecule has 2 heteroatoms. The molecule has 0 aromatic heterocycles. The predicted octanol–water partition coefficient (Wildman–Crippen LogP) is 3.60. The Kier molecular flexibility index (Phi) is 6.50. The van der Waals surface area contributed by atoms with E-state index in [0.29, 0.717) is 24.1 Å². The number of rotatable bonds is 6. The van der Waals surface area contributed by atoms with Crippen molar-refractivity contribution in [3.05, 3.63) is 0 Å². The molecular formula is C15H31NO. The summed E-state index contributed by atoms with van der Waals surface area (Å²) in [4.78, 5) is 0. The Labute approximate surface area is 108 Å². The Morgan fingerprint density at radius 1 is 1.12 bits per heavy atom. The summed E-state index contributed by atoms with van der Waals surface area (Å²) < 4.78 is 5.81. The van der Waals surface area contributed by atoms with Gasteiger partial charge in [-0.2, -0.15) is 0 Å². The minimum Gasteiger partial charge on any atom is -0.378 e. The Balaban J connectivity index is 2.25. The van der Waals surface area contributed by atoms with Crippen LogP contribution in [0.5, 0.6) is 0 Å². The van der Waals surface area contributed by atoms with Crippen LogP contribution in [0.3, 0.4) is 0 Å². The summed E-state index contributed by atoms with van der Waals surface area (Å²) in [6.45, 7) is 12.4. The fourth-order valence-electron chi connectivity index (χ4n) is 2.51.